The largest absolute Gasteiger partial charge is 0.352 e. The van der Waals surface area contributed by atoms with Crippen LogP contribution in [0.15, 0.2) is 6.20 Å². The van der Waals surface area contributed by atoms with Gasteiger partial charge in [-0.3, -0.25) is 9.48 Å². The van der Waals surface area contributed by atoms with Crippen molar-refractivity contribution in [3.05, 3.63) is 12.0 Å². The minimum atomic E-state index is 0. The van der Waals surface area contributed by atoms with Crippen molar-refractivity contribution in [2.75, 3.05) is 31.1 Å². The summed E-state index contributed by atoms with van der Waals surface area (Å²) in [6.45, 7) is 6.78. The van der Waals surface area contributed by atoms with E-state index in [1.54, 1.807) is 4.68 Å². The summed E-state index contributed by atoms with van der Waals surface area (Å²) in [7, 11) is 1.88. The molecule has 1 atom stereocenters. The molecule has 146 valence electrons. The number of piperazine rings is 1. The number of hydrogen-bond donors (Lipinski definition) is 1. The lowest BCUT2D eigenvalue weighted by Gasteiger charge is -2.35. The van der Waals surface area contributed by atoms with Crippen LogP contribution in [0.1, 0.15) is 25.6 Å². The van der Waals surface area contributed by atoms with Crippen molar-refractivity contribution in [3.63, 3.8) is 0 Å². The first kappa shape index (κ1) is 22.4. The Kier molecular flexibility index (Phi) is 8.05. The summed E-state index contributed by atoms with van der Waals surface area (Å²) in [6.07, 6.45) is 3.07. The summed E-state index contributed by atoms with van der Waals surface area (Å²) < 4.78 is 1.77. The van der Waals surface area contributed by atoms with Gasteiger partial charge in [-0.2, -0.15) is 5.10 Å². The van der Waals surface area contributed by atoms with Gasteiger partial charge in [0, 0.05) is 45.7 Å². The molecular formula is C16H27Cl2N7O. The molecule has 1 unspecified atom stereocenters. The van der Waals surface area contributed by atoms with Gasteiger partial charge in [-0.05, 0) is 20.3 Å². The van der Waals surface area contributed by atoms with Crippen molar-refractivity contribution in [2.45, 2.75) is 32.7 Å². The van der Waals surface area contributed by atoms with Gasteiger partial charge < -0.3 is 15.5 Å². The Hall–Kier alpha value is -1.64. The van der Waals surface area contributed by atoms with Crippen LogP contribution in [0.5, 0.6) is 0 Å². The Bertz CT molecular complexity index is 742. The number of anilines is 1. The zero-order chi connectivity index (χ0) is 17.3. The molecule has 3 heterocycles. The average Bonchev–Trinajstić information content (AvgIpc) is 2.93. The summed E-state index contributed by atoms with van der Waals surface area (Å²) in [5.41, 5.74) is 6.58. The quantitative estimate of drug-likeness (QED) is 0.826. The summed E-state index contributed by atoms with van der Waals surface area (Å²) in [5, 5.41) is 5.25. The third-order valence-electron chi connectivity index (χ3n) is 4.43. The molecule has 3 rings (SSSR count). The minimum absolute atomic E-state index is 0. The van der Waals surface area contributed by atoms with Crippen LogP contribution in [0.2, 0.25) is 0 Å². The second-order valence-electron chi connectivity index (χ2n) is 6.48. The SMILES string of the molecule is Cc1nc(N2CCN(C(=O)CCC(C)N)CC2)c2cnn(C)c2n1.Cl.Cl. The molecule has 0 aliphatic carbocycles. The molecule has 26 heavy (non-hydrogen) atoms. The smallest absolute Gasteiger partial charge is 0.222 e. The van der Waals surface area contributed by atoms with E-state index < -0.39 is 0 Å². The minimum Gasteiger partial charge on any atom is -0.352 e. The first-order chi connectivity index (χ1) is 11.5. The Morgan fingerprint density at radius 1 is 1.23 bits per heavy atom. The van der Waals surface area contributed by atoms with Gasteiger partial charge in [-0.1, -0.05) is 0 Å². The van der Waals surface area contributed by atoms with Crippen LogP contribution in [-0.4, -0.2) is 62.8 Å². The average molecular weight is 404 g/mol. The fraction of sp³-hybridized carbons (Fsp3) is 0.625. The zero-order valence-electron chi connectivity index (χ0n) is 15.4. The van der Waals surface area contributed by atoms with Gasteiger partial charge in [0.15, 0.2) is 5.65 Å². The number of fused-ring (bicyclic) bond motifs is 1. The Morgan fingerprint density at radius 2 is 1.88 bits per heavy atom. The van der Waals surface area contributed by atoms with Crippen LogP contribution in [0, 0.1) is 6.92 Å². The molecule has 0 radical (unpaired) electrons. The molecule has 2 N–H and O–H groups in total. The number of amides is 1. The van der Waals surface area contributed by atoms with Crippen molar-refractivity contribution in [1.82, 2.24) is 24.6 Å². The topological polar surface area (TPSA) is 93.2 Å². The van der Waals surface area contributed by atoms with Crippen LogP contribution in [0.3, 0.4) is 0 Å². The molecule has 10 heteroatoms. The van der Waals surface area contributed by atoms with Gasteiger partial charge in [-0.15, -0.1) is 24.8 Å². The van der Waals surface area contributed by atoms with E-state index in [2.05, 4.69) is 20.0 Å². The molecule has 1 fully saturated rings. The fourth-order valence-electron chi connectivity index (χ4n) is 3.03. The summed E-state index contributed by atoms with van der Waals surface area (Å²) in [4.78, 5) is 25.4. The molecule has 0 bridgehead atoms. The Morgan fingerprint density at radius 3 is 2.50 bits per heavy atom. The van der Waals surface area contributed by atoms with E-state index in [1.165, 1.54) is 0 Å². The molecule has 0 aromatic carbocycles. The van der Waals surface area contributed by atoms with E-state index >= 15 is 0 Å². The molecule has 2 aromatic heterocycles. The molecule has 1 aliphatic heterocycles. The van der Waals surface area contributed by atoms with Crippen LogP contribution in [-0.2, 0) is 11.8 Å². The van der Waals surface area contributed by atoms with E-state index in [-0.39, 0.29) is 36.8 Å². The number of carbonyl (C=O) groups is 1. The summed E-state index contributed by atoms with van der Waals surface area (Å²) in [5.74, 6) is 1.84. The Labute approximate surface area is 165 Å². The molecule has 0 spiro atoms. The lowest BCUT2D eigenvalue weighted by Crippen LogP contribution is -2.49. The molecule has 1 aliphatic rings. The molecule has 8 nitrogen and oxygen atoms in total. The van der Waals surface area contributed by atoms with Crippen molar-refractivity contribution in [3.8, 4) is 0 Å². The molecular weight excluding hydrogens is 377 g/mol. The van der Waals surface area contributed by atoms with Gasteiger partial charge in [0.1, 0.15) is 11.6 Å². The number of halogens is 2. The predicted molar refractivity (Wildman–Crippen MR) is 107 cm³/mol. The highest BCUT2D eigenvalue weighted by Gasteiger charge is 2.24. The molecule has 0 saturated carbocycles. The summed E-state index contributed by atoms with van der Waals surface area (Å²) >= 11 is 0. The number of aromatic nitrogens is 4. The number of aryl methyl sites for hydroxylation is 2. The number of rotatable bonds is 4. The fourth-order valence-corrected chi connectivity index (χ4v) is 3.03. The van der Waals surface area contributed by atoms with Crippen molar-refractivity contribution >= 4 is 47.6 Å². The molecule has 1 saturated heterocycles. The van der Waals surface area contributed by atoms with Gasteiger partial charge in [0.25, 0.3) is 0 Å². The zero-order valence-corrected chi connectivity index (χ0v) is 17.0. The predicted octanol–water partition coefficient (Wildman–Crippen LogP) is 1.29. The van der Waals surface area contributed by atoms with Crippen LogP contribution in [0.25, 0.3) is 11.0 Å². The molecule has 2 aromatic rings. The van der Waals surface area contributed by atoms with Gasteiger partial charge in [0.2, 0.25) is 5.91 Å². The highest BCUT2D eigenvalue weighted by molar-refractivity contribution is 5.87. The third kappa shape index (κ3) is 4.75. The second-order valence-corrected chi connectivity index (χ2v) is 6.48. The normalized spacial score (nSPS) is 15.4. The Balaban J connectivity index is 0.00000169. The lowest BCUT2D eigenvalue weighted by atomic mass is 10.1. The first-order valence-corrected chi connectivity index (χ1v) is 8.40. The van der Waals surface area contributed by atoms with Crippen molar-refractivity contribution < 1.29 is 4.79 Å². The first-order valence-electron chi connectivity index (χ1n) is 8.40. The van der Waals surface area contributed by atoms with Crippen molar-refractivity contribution in [2.24, 2.45) is 12.8 Å². The highest BCUT2D eigenvalue weighted by atomic mass is 35.5. The van der Waals surface area contributed by atoms with Crippen LogP contribution in [0.4, 0.5) is 5.82 Å². The standard InChI is InChI=1S/C16H25N7O.2ClH/c1-11(17)4-5-14(24)22-6-8-23(9-7-22)16-13-10-18-21(3)15(13)19-12(2)20-16;;/h10-11H,4-9,17H2,1-3H3;2*1H. The third-order valence-corrected chi connectivity index (χ3v) is 4.43. The van der Waals surface area contributed by atoms with Crippen LogP contribution >= 0.6 is 24.8 Å². The number of hydrogen-bond acceptors (Lipinski definition) is 6. The van der Waals surface area contributed by atoms with Crippen LogP contribution < -0.4 is 10.6 Å². The van der Waals surface area contributed by atoms with E-state index in [0.29, 0.717) is 19.5 Å². The van der Waals surface area contributed by atoms with E-state index in [4.69, 9.17) is 5.73 Å². The maximum Gasteiger partial charge on any atom is 0.222 e. The maximum atomic E-state index is 12.2. The van der Waals surface area contributed by atoms with E-state index in [0.717, 1.165) is 42.2 Å². The monoisotopic (exact) mass is 403 g/mol. The summed E-state index contributed by atoms with van der Waals surface area (Å²) in [6, 6.07) is 0.0677. The number of carbonyl (C=O) groups excluding carboxylic acids is 1. The van der Waals surface area contributed by atoms with Crippen molar-refractivity contribution in [1.29, 1.82) is 0 Å². The maximum absolute atomic E-state index is 12.2. The van der Waals surface area contributed by atoms with Gasteiger partial charge >= 0.3 is 0 Å². The number of nitrogens with two attached hydrogens (primary N) is 1. The van der Waals surface area contributed by atoms with Gasteiger partial charge in [-0.25, -0.2) is 9.97 Å². The van der Waals surface area contributed by atoms with Gasteiger partial charge in [0.05, 0.1) is 11.6 Å². The second kappa shape index (κ2) is 9.34. The highest BCUT2D eigenvalue weighted by Crippen LogP contribution is 2.24. The molecule has 1 amide bonds. The lowest BCUT2D eigenvalue weighted by molar-refractivity contribution is -0.131. The van der Waals surface area contributed by atoms with E-state index in [9.17, 15) is 4.79 Å². The number of nitrogens with zero attached hydrogens (tertiary/aromatic N) is 6. The van der Waals surface area contributed by atoms with E-state index in [1.807, 2.05) is 32.0 Å².